The number of fused-ring (bicyclic) bond motifs is 1. The number of aromatic nitrogens is 2. The largest absolute Gasteiger partial charge is 0.357 e. The Kier molecular flexibility index (Phi) is 3.54. The molecule has 0 saturated carbocycles. The predicted octanol–water partition coefficient (Wildman–Crippen LogP) is 2.43. The molecule has 0 spiro atoms. The molecule has 0 radical (unpaired) electrons. The highest BCUT2D eigenvalue weighted by Crippen LogP contribution is 2.22. The van der Waals surface area contributed by atoms with Crippen molar-refractivity contribution in [3.8, 4) is 0 Å². The summed E-state index contributed by atoms with van der Waals surface area (Å²) in [4.78, 5) is 11.3. The molecule has 104 valence electrons. The molecule has 2 aromatic rings. The van der Waals surface area contributed by atoms with Crippen LogP contribution < -0.4 is 10.2 Å². The van der Waals surface area contributed by atoms with Gasteiger partial charge < -0.3 is 10.2 Å². The predicted molar refractivity (Wildman–Crippen MR) is 82.4 cm³/mol. The van der Waals surface area contributed by atoms with Crippen LogP contribution in [-0.4, -0.2) is 30.1 Å². The van der Waals surface area contributed by atoms with Gasteiger partial charge in [0.2, 0.25) is 5.95 Å². The van der Waals surface area contributed by atoms with E-state index in [9.17, 15) is 0 Å². The van der Waals surface area contributed by atoms with Gasteiger partial charge in [0.25, 0.3) is 0 Å². The molecule has 0 atom stereocenters. The minimum atomic E-state index is 0.687. The minimum Gasteiger partial charge on any atom is -0.357 e. The highest BCUT2D eigenvalue weighted by molar-refractivity contribution is 5.50. The number of rotatable bonds is 2. The summed E-state index contributed by atoms with van der Waals surface area (Å²) in [5.41, 5.74) is 4.07. The SMILES string of the molecule is CNc1ncc(C)c(N2CCc3ccccc3CC2)n1. The molecule has 1 aliphatic rings. The van der Waals surface area contributed by atoms with Crippen molar-refractivity contribution in [3.05, 3.63) is 47.2 Å². The van der Waals surface area contributed by atoms with E-state index in [4.69, 9.17) is 0 Å². The lowest BCUT2D eigenvalue weighted by molar-refractivity contribution is 0.784. The summed E-state index contributed by atoms with van der Waals surface area (Å²) >= 11 is 0. The summed E-state index contributed by atoms with van der Waals surface area (Å²) < 4.78 is 0. The zero-order chi connectivity index (χ0) is 13.9. The fourth-order valence-electron chi connectivity index (χ4n) is 2.75. The Bertz CT molecular complexity index is 582. The monoisotopic (exact) mass is 268 g/mol. The van der Waals surface area contributed by atoms with E-state index < -0.39 is 0 Å². The number of benzene rings is 1. The number of aryl methyl sites for hydroxylation is 1. The molecule has 0 unspecified atom stereocenters. The molecule has 0 fully saturated rings. The minimum absolute atomic E-state index is 0.687. The number of hydrogen-bond acceptors (Lipinski definition) is 4. The zero-order valence-electron chi connectivity index (χ0n) is 12.1. The first-order valence-corrected chi connectivity index (χ1v) is 7.11. The summed E-state index contributed by atoms with van der Waals surface area (Å²) in [5.74, 6) is 1.74. The summed E-state index contributed by atoms with van der Waals surface area (Å²) in [6, 6.07) is 8.74. The smallest absolute Gasteiger partial charge is 0.224 e. The van der Waals surface area contributed by atoms with Crippen LogP contribution in [0.15, 0.2) is 30.5 Å². The number of hydrogen-bond donors (Lipinski definition) is 1. The molecule has 4 heteroatoms. The molecule has 0 amide bonds. The maximum Gasteiger partial charge on any atom is 0.224 e. The second-order valence-corrected chi connectivity index (χ2v) is 5.21. The van der Waals surface area contributed by atoms with E-state index >= 15 is 0 Å². The molecule has 1 aromatic heterocycles. The van der Waals surface area contributed by atoms with Crippen LogP contribution in [0.2, 0.25) is 0 Å². The number of anilines is 2. The fourth-order valence-corrected chi connectivity index (χ4v) is 2.75. The molecule has 4 nitrogen and oxygen atoms in total. The summed E-state index contributed by atoms with van der Waals surface area (Å²) in [6.07, 6.45) is 4.05. The van der Waals surface area contributed by atoms with E-state index in [1.54, 1.807) is 0 Å². The van der Waals surface area contributed by atoms with Crippen molar-refractivity contribution in [2.45, 2.75) is 19.8 Å². The number of nitrogens with zero attached hydrogens (tertiary/aromatic N) is 3. The maximum atomic E-state index is 4.62. The molecule has 1 N–H and O–H groups in total. The van der Waals surface area contributed by atoms with Crippen molar-refractivity contribution < 1.29 is 0 Å². The molecular formula is C16H20N4. The Morgan fingerprint density at radius 2 is 1.75 bits per heavy atom. The Balaban J connectivity index is 1.86. The van der Waals surface area contributed by atoms with Gasteiger partial charge in [0.15, 0.2) is 0 Å². The maximum absolute atomic E-state index is 4.62. The van der Waals surface area contributed by atoms with E-state index in [0.717, 1.165) is 37.3 Å². The van der Waals surface area contributed by atoms with Gasteiger partial charge >= 0.3 is 0 Å². The van der Waals surface area contributed by atoms with Gasteiger partial charge in [-0.15, -0.1) is 0 Å². The topological polar surface area (TPSA) is 41.1 Å². The molecule has 0 aliphatic carbocycles. The first-order valence-electron chi connectivity index (χ1n) is 7.11. The van der Waals surface area contributed by atoms with Crippen molar-refractivity contribution in [1.82, 2.24) is 9.97 Å². The lowest BCUT2D eigenvalue weighted by atomic mass is 10.0. The molecular weight excluding hydrogens is 248 g/mol. The molecule has 3 rings (SSSR count). The molecule has 1 aliphatic heterocycles. The van der Waals surface area contributed by atoms with Gasteiger partial charge in [-0.3, -0.25) is 0 Å². The first kappa shape index (κ1) is 12.9. The lowest BCUT2D eigenvalue weighted by Crippen LogP contribution is -2.28. The average molecular weight is 268 g/mol. The Hall–Kier alpha value is -2.10. The van der Waals surface area contributed by atoms with E-state index in [1.807, 2.05) is 13.2 Å². The lowest BCUT2D eigenvalue weighted by Gasteiger charge is -2.23. The van der Waals surface area contributed by atoms with Crippen LogP contribution in [0.3, 0.4) is 0 Å². The van der Waals surface area contributed by atoms with Gasteiger partial charge in [0.05, 0.1) is 0 Å². The van der Waals surface area contributed by atoms with Gasteiger partial charge in [-0.05, 0) is 30.9 Å². The molecule has 1 aromatic carbocycles. The standard InChI is InChI=1S/C16H20N4/c1-12-11-18-16(17-2)19-15(12)20-9-7-13-5-3-4-6-14(13)8-10-20/h3-6,11H,7-10H2,1-2H3,(H,17,18,19). The molecule has 2 heterocycles. The molecule has 0 bridgehead atoms. The van der Waals surface area contributed by atoms with E-state index in [0.29, 0.717) is 5.95 Å². The summed E-state index contributed by atoms with van der Waals surface area (Å²) in [5, 5.41) is 3.02. The molecule has 20 heavy (non-hydrogen) atoms. The van der Waals surface area contributed by atoms with Crippen LogP contribution in [0.4, 0.5) is 11.8 Å². The van der Waals surface area contributed by atoms with Crippen LogP contribution in [0.5, 0.6) is 0 Å². The highest BCUT2D eigenvalue weighted by atomic mass is 15.2. The summed E-state index contributed by atoms with van der Waals surface area (Å²) in [7, 11) is 1.85. The fraction of sp³-hybridized carbons (Fsp3) is 0.375. The third kappa shape index (κ3) is 2.46. The van der Waals surface area contributed by atoms with Crippen molar-refractivity contribution in [1.29, 1.82) is 0 Å². The quantitative estimate of drug-likeness (QED) is 0.908. The Labute approximate surface area is 119 Å². The van der Waals surface area contributed by atoms with E-state index in [2.05, 4.69) is 51.4 Å². The van der Waals surface area contributed by atoms with Crippen molar-refractivity contribution in [2.24, 2.45) is 0 Å². The average Bonchev–Trinajstić information content (AvgIpc) is 2.70. The Morgan fingerprint density at radius 1 is 1.10 bits per heavy atom. The van der Waals surface area contributed by atoms with Gasteiger partial charge in [0, 0.05) is 31.9 Å². The number of nitrogens with one attached hydrogen (secondary N) is 1. The highest BCUT2D eigenvalue weighted by Gasteiger charge is 2.17. The third-order valence-electron chi connectivity index (χ3n) is 3.89. The van der Waals surface area contributed by atoms with Crippen LogP contribution in [-0.2, 0) is 12.8 Å². The van der Waals surface area contributed by atoms with E-state index in [1.165, 1.54) is 11.1 Å². The van der Waals surface area contributed by atoms with E-state index in [-0.39, 0.29) is 0 Å². The van der Waals surface area contributed by atoms with Crippen molar-refractivity contribution >= 4 is 11.8 Å². The van der Waals surface area contributed by atoms with Gasteiger partial charge in [-0.2, -0.15) is 4.98 Å². The summed E-state index contributed by atoms with van der Waals surface area (Å²) in [6.45, 7) is 4.10. The van der Waals surface area contributed by atoms with Crippen LogP contribution in [0, 0.1) is 6.92 Å². The van der Waals surface area contributed by atoms with Crippen molar-refractivity contribution in [3.63, 3.8) is 0 Å². The van der Waals surface area contributed by atoms with Crippen LogP contribution in [0.25, 0.3) is 0 Å². The van der Waals surface area contributed by atoms with Crippen LogP contribution >= 0.6 is 0 Å². The van der Waals surface area contributed by atoms with Crippen LogP contribution in [0.1, 0.15) is 16.7 Å². The Morgan fingerprint density at radius 3 is 2.35 bits per heavy atom. The van der Waals surface area contributed by atoms with Gasteiger partial charge in [-0.1, -0.05) is 24.3 Å². The van der Waals surface area contributed by atoms with Crippen molar-refractivity contribution in [2.75, 3.05) is 30.4 Å². The zero-order valence-corrected chi connectivity index (χ0v) is 12.1. The second-order valence-electron chi connectivity index (χ2n) is 5.21. The van der Waals surface area contributed by atoms with Gasteiger partial charge in [0.1, 0.15) is 5.82 Å². The third-order valence-corrected chi connectivity index (χ3v) is 3.89. The normalized spacial score (nSPS) is 14.6. The molecule has 0 saturated heterocycles. The van der Waals surface area contributed by atoms with Gasteiger partial charge in [-0.25, -0.2) is 4.98 Å². The first-order chi connectivity index (χ1) is 9.78. The second kappa shape index (κ2) is 5.49.